The summed E-state index contributed by atoms with van der Waals surface area (Å²) in [5, 5.41) is 10.7. The van der Waals surface area contributed by atoms with E-state index >= 15 is 0 Å². The first-order chi connectivity index (χ1) is 11.1. The Morgan fingerprint density at radius 1 is 1.43 bits per heavy atom. The van der Waals surface area contributed by atoms with E-state index in [1.807, 2.05) is 19.1 Å². The van der Waals surface area contributed by atoms with Gasteiger partial charge in [0.05, 0.1) is 12.5 Å². The molecule has 0 unspecified atom stereocenters. The molecule has 1 aliphatic rings. The number of hydrogen-bond acceptors (Lipinski definition) is 5. The second-order valence-electron chi connectivity index (χ2n) is 5.75. The van der Waals surface area contributed by atoms with Crippen molar-refractivity contribution in [2.24, 2.45) is 5.92 Å². The van der Waals surface area contributed by atoms with Gasteiger partial charge in [-0.3, -0.25) is 4.79 Å². The Morgan fingerprint density at radius 2 is 2.17 bits per heavy atom. The number of benzene rings is 1. The van der Waals surface area contributed by atoms with Gasteiger partial charge in [0.1, 0.15) is 18.5 Å². The van der Waals surface area contributed by atoms with Crippen molar-refractivity contribution in [3.63, 3.8) is 0 Å². The molecular weight excluding hydrogens is 318 g/mol. The average Bonchev–Trinajstić information content (AvgIpc) is 2.54. The third-order valence-corrected chi connectivity index (χ3v) is 4.15. The summed E-state index contributed by atoms with van der Waals surface area (Å²) in [4.78, 5) is 13.8. The van der Waals surface area contributed by atoms with E-state index in [2.05, 4.69) is 4.90 Å². The molecular formula is C17H24ClNO4. The molecule has 5 nitrogen and oxygen atoms in total. The highest BCUT2D eigenvalue weighted by molar-refractivity contribution is 6.30. The predicted octanol–water partition coefficient (Wildman–Crippen LogP) is 2.35. The minimum Gasteiger partial charge on any atom is -0.491 e. The number of aliphatic hydroxyl groups excluding tert-OH is 1. The van der Waals surface area contributed by atoms with Crippen LogP contribution in [0.2, 0.25) is 5.02 Å². The van der Waals surface area contributed by atoms with Crippen LogP contribution in [0.1, 0.15) is 19.8 Å². The largest absolute Gasteiger partial charge is 0.491 e. The van der Waals surface area contributed by atoms with E-state index in [4.69, 9.17) is 21.1 Å². The summed E-state index contributed by atoms with van der Waals surface area (Å²) in [5.74, 6) is 0.542. The lowest BCUT2D eigenvalue weighted by Gasteiger charge is -2.32. The quantitative estimate of drug-likeness (QED) is 0.771. The zero-order valence-corrected chi connectivity index (χ0v) is 14.2. The fraction of sp³-hybridized carbons (Fsp3) is 0.588. The number of esters is 1. The Hall–Kier alpha value is -1.30. The van der Waals surface area contributed by atoms with E-state index in [9.17, 15) is 9.90 Å². The van der Waals surface area contributed by atoms with Crippen LogP contribution in [0.15, 0.2) is 24.3 Å². The summed E-state index contributed by atoms with van der Waals surface area (Å²) in [5.41, 5.74) is 0. The van der Waals surface area contributed by atoms with Gasteiger partial charge in [0, 0.05) is 11.6 Å². The third kappa shape index (κ3) is 6.01. The van der Waals surface area contributed by atoms with Crippen molar-refractivity contribution in [3.05, 3.63) is 29.3 Å². The molecule has 1 saturated heterocycles. The van der Waals surface area contributed by atoms with Crippen LogP contribution in [-0.2, 0) is 9.53 Å². The number of hydrogen-bond donors (Lipinski definition) is 1. The van der Waals surface area contributed by atoms with Crippen molar-refractivity contribution in [2.45, 2.75) is 25.9 Å². The summed E-state index contributed by atoms with van der Waals surface area (Å²) in [6.07, 6.45) is 0.981. The van der Waals surface area contributed by atoms with Crippen molar-refractivity contribution in [3.8, 4) is 5.75 Å². The van der Waals surface area contributed by atoms with Crippen LogP contribution in [-0.4, -0.2) is 54.9 Å². The number of piperidine rings is 1. The van der Waals surface area contributed by atoms with Crippen molar-refractivity contribution in [2.75, 3.05) is 32.8 Å². The summed E-state index contributed by atoms with van der Waals surface area (Å²) < 4.78 is 10.6. The first-order valence-corrected chi connectivity index (χ1v) is 8.41. The zero-order chi connectivity index (χ0) is 16.7. The van der Waals surface area contributed by atoms with E-state index in [1.54, 1.807) is 12.1 Å². The Morgan fingerprint density at radius 3 is 2.83 bits per heavy atom. The average molecular weight is 342 g/mol. The van der Waals surface area contributed by atoms with Crippen LogP contribution in [0.5, 0.6) is 5.75 Å². The number of nitrogens with zero attached hydrogens (tertiary/aromatic N) is 1. The topological polar surface area (TPSA) is 59.0 Å². The van der Waals surface area contributed by atoms with Crippen LogP contribution in [0.4, 0.5) is 0 Å². The van der Waals surface area contributed by atoms with Gasteiger partial charge >= 0.3 is 5.97 Å². The number of rotatable bonds is 7. The van der Waals surface area contributed by atoms with Crippen molar-refractivity contribution in [1.82, 2.24) is 4.90 Å². The Balaban J connectivity index is 1.68. The molecule has 0 radical (unpaired) electrons. The van der Waals surface area contributed by atoms with Gasteiger partial charge in [-0.25, -0.2) is 0 Å². The molecule has 0 bridgehead atoms. The maximum Gasteiger partial charge on any atom is 0.309 e. The van der Waals surface area contributed by atoms with Gasteiger partial charge in [0.2, 0.25) is 0 Å². The molecule has 23 heavy (non-hydrogen) atoms. The van der Waals surface area contributed by atoms with Crippen molar-refractivity contribution >= 4 is 17.6 Å². The zero-order valence-electron chi connectivity index (χ0n) is 13.4. The summed E-state index contributed by atoms with van der Waals surface area (Å²) in [6.45, 7) is 4.59. The molecule has 0 saturated carbocycles. The number of aliphatic hydroxyl groups is 1. The fourth-order valence-corrected chi connectivity index (χ4v) is 2.89. The lowest BCUT2D eigenvalue weighted by Crippen LogP contribution is -2.42. The lowest BCUT2D eigenvalue weighted by atomic mass is 9.97. The van der Waals surface area contributed by atoms with E-state index in [0.29, 0.717) is 23.9 Å². The van der Waals surface area contributed by atoms with E-state index in [1.165, 1.54) is 0 Å². The fourth-order valence-electron chi connectivity index (χ4n) is 2.71. The maximum atomic E-state index is 11.7. The minimum absolute atomic E-state index is 0.00828. The summed E-state index contributed by atoms with van der Waals surface area (Å²) in [7, 11) is 0. The Kier molecular flexibility index (Phi) is 7.15. The van der Waals surface area contributed by atoms with Gasteiger partial charge in [-0.2, -0.15) is 0 Å². The molecule has 0 spiro atoms. The first kappa shape index (κ1) is 18.0. The molecule has 0 aromatic heterocycles. The molecule has 1 aliphatic heterocycles. The lowest BCUT2D eigenvalue weighted by molar-refractivity contribution is -0.149. The number of likely N-dealkylation sites (tertiary alicyclic amines) is 1. The maximum absolute atomic E-state index is 11.7. The molecule has 0 amide bonds. The normalized spacial score (nSPS) is 17.7. The molecule has 1 N–H and O–H groups in total. The Labute approximate surface area is 142 Å². The Bertz CT molecular complexity index is 503. The van der Waals surface area contributed by atoms with E-state index < -0.39 is 6.10 Å². The van der Waals surface area contributed by atoms with Crippen LogP contribution in [0, 0.1) is 5.92 Å². The molecule has 1 atom stereocenters. The van der Waals surface area contributed by atoms with Crippen molar-refractivity contribution < 1.29 is 19.4 Å². The second-order valence-corrected chi connectivity index (χ2v) is 6.19. The highest BCUT2D eigenvalue weighted by Gasteiger charge is 2.26. The number of ether oxygens (including phenoxy) is 2. The van der Waals surface area contributed by atoms with Crippen LogP contribution >= 0.6 is 11.6 Å². The first-order valence-electron chi connectivity index (χ1n) is 8.04. The second kappa shape index (κ2) is 9.11. The molecule has 1 heterocycles. The van der Waals surface area contributed by atoms with Crippen molar-refractivity contribution in [1.29, 1.82) is 0 Å². The smallest absolute Gasteiger partial charge is 0.309 e. The number of halogens is 1. The van der Waals surface area contributed by atoms with E-state index in [0.717, 1.165) is 25.9 Å². The molecule has 1 fully saturated rings. The third-order valence-electron chi connectivity index (χ3n) is 3.91. The highest BCUT2D eigenvalue weighted by atomic mass is 35.5. The standard InChI is InChI=1S/C17H24ClNO4/c1-2-22-17(21)13-6-8-19(9-7-13)11-15(20)12-23-16-5-3-4-14(18)10-16/h3-5,10,13,15,20H,2,6-9,11-12H2,1H3/t15-/m0/s1. The van der Waals surface area contributed by atoms with Gasteiger partial charge in [-0.05, 0) is 51.1 Å². The monoisotopic (exact) mass is 341 g/mol. The van der Waals surface area contributed by atoms with Crippen LogP contribution < -0.4 is 4.74 Å². The highest BCUT2D eigenvalue weighted by Crippen LogP contribution is 2.20. The molecule has 0 aliphatic carbocycles. The van der Waals surface area contributed by atoms with E-state index in [-0.39, 0.29) is 18.5 Å². The molecule has 6 heteroatoms. The number of β-amino-alcohol motifs (C(OH)–C–C–N with tert-alkyl or cyclic N) is 1. The van der Waals surface area contributed by atoms with Crippen LogP contribution in [0.3, 0.4) is 0 Å². The SMILES string of the molecule is CCOC(=O)C1CCN(C[C@H](O)COc2cccc(Cl)c2)CC1. The number of carbonyl (C=O) groups excluding carboxylic acids is 1. The molecule has 1 aromatic rings. The van der Waals surface area contributed by atoms with Crippen LogP contribution in [0.25, 0.3) is 0 Å². The molecule has 128 valence electrons. The minimum atomic E-state index is -0.576. The summed E-state index contributed by atoms with van der Waals surface area (Å²) in [6, 6.07) is 7.12. The summed E-state index contributed by atoms with van der Waals surface area (Å²) >= 11 is 5.89. The molecule has 1 aromatic carbocycles. The van der Waals surface area contributed by atoms with Gasteiger partial charge in [-0.15, -0.1) is 0 Å². The van der Waals surface area contributed by atoms with Gasteiger partial charge in [-0.1, -0.05) is 17.7 Å². The molecule has 2 rings (SSSR count). The van der Waals surface area contributed by atoms with Gasteiger partial charge in [0.15, 0.2) is 0 Å². The van der Waals surface area contributed by atoms with Gasteiger partial charge in [0.25, 0.3) is 0 Å². The number of carbonyl (C=O) groups is 1. The predicted molar refractivity (Wildman–Crippen MR) is 88.8 cm³/mol. The van der Waals surface area contributed by atoms with Gasteiger partial charge < -0.3 is 19.5 Å².